The Kier molecular flexibility index (Phi) is 5.46. The van der Waals surface area contributed by atoms with Gasteiger partial charge in [0.15, 0.2) is 0 Å². The van der Waals surface area contributed by atoms with Gasteiger partial charge in [-0.15, -0.1) is 0 Å². The van der Waals surface area contributed by atoms with E-state index in [-0.39, 0.29) is 11.9 Å². The number of hydrogen-bond acceptors (Lipinski definition) is 1. The second kappa shape index (κ2) is 6.65. The topological polar surface area (TPSA) is 12.4 Å². The molecule has 0 aromatic carbocycles. The van der Waals surface area contributed by atoms with E-state index in [2.05, 4.69) is 18.0 Å². The Bertz CT molecular complexity index is 460. The lowest BCUT2D eigenvalue weighted by Gasteiger charge is -2.23. The Morgan fingerprint density at radius 2 is 2.00 bits per heavy atom. The van der Waals surface area contributed by atoms with Gasteiger partial charge in [0.1, 0.15) is 5.83 Å². The standard InChI is InChI=1S/C17H24FN/c1-6-7-8-9-10-15(19-13(2)3)14-11-12-16(18)17(14,4)5/h7-13H,6H2,1-5H3/b8-7-,10-9-,19-15-. The van der Waals surface area contributed by atoms with Crippen LogP contribution in [-0.2, 0) is 0 Å². The normalized spacial score (nSPS) is 19.6. The molecule has 0 saturated heterocycles. The average Bonchev–Trinajstić information content (AvgIpc) is 2.58. The van der Waals surface area contributed by atoms with Gasteiger partial charge >= 0.3 is 0 Å². The monoisotopic (exact) mass is 261 g/mol. The number of nitrogens with zero attached hydrogens (tertiary/aromatic N) is 1. The van der Waals surface area contributed by atoms with E-state index in [1.807, 2.05) is 52.0 Å². The van der Waals surface area contributed by atoms with Crippen LogP contribution in [0.3, 0.4) is 0 Å². The van der Waals surface area contributed by atoms with Crippen molar-refractivity contribution in [2.24, 2.45) is 10.4 Å². The number of hydrogen-bond donors (Lipinski definition) is 0. The maximum absolute atomic E-state index is 13.8. The van der Waals surface area contributed by atoms with Crippen LogP contribution in [-0.4, -0.2) is 11.8 Å². The summed E-state index contributed by atoms with van der Waals surface area (Å²) in [6, 6.07) is 0.190. The van der Waals surface area contributed by atoms with E-state index in [4.69, 9.17) is 0 Å². The highest BCUT2D eigenvalue weighted by molar-refractivity contribution is 6.10. The van der Waals surface area contributed by atoms with Crippen molar-refractivity contribution in [2.75, 3.05) is 0 Å². The van der Waals surface area contributed by atoms with Gasteiger partial charge in [0.25, 0.3) is 0 Å². The SMILES string of the molecule is CC\C=C/C=C\C(=N\C(C)C)C1=CC=C(F)C1(C)C. The third-order valence-electron chi connectivity index (χ3n) is 3.08. The number of rotatable bonds is 5. The fourth-order valence-corrected chi connectivity index (χ4v) is 1.95. The van der Waals surface area contributed by atoms with Gasteiger partial charge in [0.2, 0.25) is 0 Å². The Balaban J connectivity index is 3.02. The van der Waals surface area contributed by atoms with E-state index in [9.17, 15) is 4.39 Å². The molecule has 0 N–H and O–H groups in total. The van der Waals surface area contributed by atoms with Gasteiger partial charge < -0.3 is 0 Å². The largest absolute Gasteiger partial charge is 0.282 e. The fourth-order valence-electron chi connectivity index (χ4n) is 1.95. The second-order valence-corrected chi connectivity index (χ2v) is 5.52. The van der Waals surface area contributed by atoms with E-state index in [1.165, 1.54) is 0 Å². The molecule has 0 atom stereocenters. The quantitative estimate of drug-likeness (QED) is 0.478. The predicted octanol–water partition coefficient (Wildman–Crippen LogP) is 5.18. The maximum atomic E-state index is 13.8. The Hall–Kier alpha value is -1.44. The molecule has 1 rings (SSSR count). The van der Waals surface area contributed by atoms with Crippen LogP contribution in [0.1, 0.15) is 41.0 Å². The van der Waals surface area contributed by atoms with E-state index < -0.39 is 5.41 Å². The summed E-state index contributed by atoms with van der Waals surface area (Å²) in [6.45, 7) is 9.94. The number of allylic oxidation sites excluding steroid dienone is 8. The highest BCUT2D eigenvalue weighted by Gasteiger charge is 2.33. The van der Waals surface area contributed by atoms with Crippen LogP contribution in [0.4, 0.5) is 4.39 Å². The van der Waals surface area contributed by atoms with Gasteiger partial charge in [-0.25, -0.2) is 4.39 Å². The van der Waals surface area contributed by atoms with Crippen LogP contribution in [0.25, 0.3) is 0 Å². The van der Waals surface area contributed by atoms with Crippen molar-refractivity contribution >= 4 is 5.71 Å². The molecule has 2 heteroatoms. The molecule has 1 aliphatic rings. The minimum atomic E-state index is -0.577. The van der Waals surface area contributed by atoms with E-state index in [0.29, 0.717) is 0 Å². The van der Waals surface area contributed by atoms with Crippen LogP contribution < -0.4 is 0 Å². The summed E-state index contributed by atoms with van der Waals surface area (Å²) >= 11 is 0. The van der Waals surface area contributed by atoms with E-state index in [0.717, 1.165) is 17.7 Å². The van der Waals surface area contributed by atoms with Gasteiger partial charge in [0, 0.05) is 11.5 Å². The molecule has 0 aromatic heterocycles. The molecule has 0 aromatic rings. The first kappa shape index (κ1) is 15.6. The molecule has 0 bridgehead atoms. The zero-order chi connectivity index (χ0) is 14.5. The Morgan fingerprint density at radius 1 is 1.32 bits per heavy atom. The molecular weight excluding hydrogens is 237 g/mol. The van der Waals surface area contributed by atoms with Crippen molar-refractivity contribution < 1.29 is 4.39 Å². The van der Waals surface area contributed by atoms with Crippen LogP contribution in [0.5, 0.6) is 0 Å². The lowest BCUT2D eigenvalue weighted by Crippen LogP contribution is -2.19. The molecule has 0 fully saturated rings. The van der Waals surface area contributed by atoms with Crippen LogP contribution >= 0.6 is 0 Å². The maximum Gasteiger partial charge on any atom is 0.110 e. The summed E-state index contributed by atoms with van der Waals surface area (Å²) < 4.78 is 13.8. The molecule has 19 heavy (non-hydrogen) atoms. The molecule has 0 spiro atoms. The first-order chi connectivity index (χ1) is 8.89. The fraction of sp³-hybridized carbons (Fsp3) is 0.471. The minimum absolute atomic E-state index is 0.101. The predicted molar refractivity (Wildman–Crippen MR) is 82.2 cm³/mol. The van der Waals surface area contributed by atoms with Crippen molar-refractivity contribution in [1.29, 1.82) is 0 Å². The molecule has 0 aliphatic heterocycles. The molecular formula is C17H24FN. The molecule has 0 heterocycles. The molecule has 1 nitrogen and oxygen atoms in total. The molecule has 0 saturated carbocycles. The van der Waals surface area contributed by atoms with Gasteiger partial charge in [-0.05, 0) is 51.8 Å². The minimum Gasteiger partial charge on any atom is -0.282 e. The van der Waals surface area contributed by atoms with Gasteiger partial charge in [-0.1, -0.05) is 31.2 Å². The molecule has 0 radical (unpaired) electrons. The van der Waals surface area contributed by atoms with Gasteiger partial charge in [-0.3, -0.25) is 4.99 Å². The van der Waals surface area contributed by atoms with Crippen molar-refractivity contribution in [2.45, 2.75) is 47.1 Å². The zero-order valence-electron chi connectivity index (χ0n) is 12.6. The smallest absolute Gasteiger partial charge is 0.110 e. The van der Waals surface area contributed by atoms with Crippen molar-refractivity contribution in [3.8, 4) is 0 Å². The van der Waals surface area contributed by atoms with Crippen LogP contribution in [0, 0.1) is 5.41 Å². The average molecular weight is 261 g/mol. The molecule has 104 valence electrons. The molecule has 1 aliphatic carbocycles. The first-order valence-electron chi connectivity index (χ1n) is 6.89. The lowest BCUT2D eigenvalue weighted by atomic mass is 9.83. The summed E-state index contributed by atoms with van der Waals surface area (Å²) in [7, 11) is 0. The zero-order valence-corrected chi connectivity index (χ0v) is 12.6. The number of halogens is 1. The third kappa shape index (κ3) is 4.02. The second-order valence-electron chi connectivity index (χ2n) is 5.52. The first-order valence-corrected chi connectivity index (χ1v) is 6.89. The lowest BCUT2D eigenvalue weighted by molar-refractivity contribution is 0.427. The van der Waals surface area contributed by atoms with Gasteiger partial charge in [-0.2, -0.15) is 0 Å². The van der Waals surface area contributed by atoms with Crippen molar-refractivity contribution in [1.82, 2.24) is 0 Å². The number of aliphatic imine (C=N–C) groups is 1. The van der Waals surface area contributed by atoms with Crippen LogP contribution in [0.15, 0.2) is 52.8 Å². The summed E-state index contributed by atoms with van der Waals surface area (Å²) in [5.74, 6) is -0.101. The third-order valence-corrected chi connectivity index (χ3v) is 3.08. The van der Waals surface area contributed by atoms with Crippen molar-refractivity contribution in [3.63, 3.8) is 0 Å². The summed E-state index contributed by atoms with van der Waals surface area (Å²) in [5, 5.41) is 0. The highest BCUT2D eigenvalue weighted by Crippen LogP contribution is 2.41. The summed E-state index contributed by atoms with van der Waals surface area (Å²) in [5.41, 5.74) is 1.23. The molecule has 0 amide bonds. The Labute approximate surface area is 116 Å². The summed E-state index contributed by atoms with van der Waals surface area (Å²) in [6.07, 6.45) is 12.4. The highest BCUT2D eigenvalue weighted by atomic mass is 19.1. The van der Waals surface area contributed by atoms with E-state index in [1.54, 1.807) is 6.08 Å². The van der Waals surface area contributed by atoms with Crippen molar-refractivity contribution in [3.05, 3.63) is 47.9 Å². The molecule has 0 unspecified atom stereocenters. The van der Waals surface area contributed by atoms with Crippen LogP contribution in [0.2, 0.25) is 0 Å². The van der Waals surface area contributed by atoms with Gasteiger partial charge in [0.05, 0.1) is 5.71 Å². The Morgan fingerprint density at radius 3 is 2.47 bits per heavy atom. The summed E-state index contributed by atoms with van der Waals surface area (Å²) in [4.78, 5) is 4.61. The van der Waals surface area contributed by atoms with E-state index >= 15 is 0 Å².